The van der Waals surface area contributed by atoms with Crippen molar-refractivity contribution in [1.29, 1.82) is 0 Å². The summed E-state index contributed by atoms with van der Waals surface area (Å²) in [7, 11) is 0. The fourth-order valence-electron chi connectivity index (χ4n) is 3.17. The second kappa shape index (κ2) is 8.11. The van der Waals surface area contributed by atoms with Crippen molar-refractivity contribution in [2.75, 3.05) is 0 Å². The molecule has 1 N–H and O–H groups in total. The van der Waals surface area contributed by atoms with Gasteiger partial charge in [0.15, 0.2) is 5.17 Å². The van der Waals surface area contributed by atoms with Crippen LogP contribution < -0.4 is 5.32 Å². The van der Waals surface area contributed by atoms with Gasteiger partial charge in [0.1, 0.15) is 11.5 Å². The molecule has 158 valence electrons. The number of aryl methyl sites for hydroxylation is 2. The Balaban J connectivity index is 1.59. The van der Waals surface area contributed by atoms with Crippen LogP contribution in [-0.4, -0.2) is 11.1 Å². The van der Waals surface area contributed by atoms with Gasteiger partial charge in [0.2, 0.25) is 0 Å². The van der Waals surface area contributed by atoms with Crippen molar-refractivity contribution >= 4 is 34.6 Å². The lowest BCUT2D eigenvalue weighted by Gasteiger charge is -2.10. The van der Waals surface area contributed by atoms with Crippen molar-refractivity contribution in [3.05, 3.63) is 82.0 Å². The maximum Gasteiger partial charge on any atom is 0.417 e. The zero-order chi connectivity index (χ0) is 22.2. The molecule has 2 aromatic carbocycles. The SMILES string of the molecule is Cc1ccc(N=C2NC(=O)/C(=C/c3ccc(-c4ccccc4C(F)(F)F)o3)S2)c(C)c1. The quantitative estimate of drug-likeness (QED) is 0.473. The number of hydrogen-bond donors (Lipinski definition) is 1. The maximum absolute atomic E-state index is 13.3. The smallest absolute Gasteiger partial charge is 0.417 e. The van der Waals surface area contributed by atoms with Gasteiger partial charge in [-0.05, 0) is 55.4 Å². The van der Waals surface area contributed by atoms with Crippen molar-refractivity contribution < 1.29 is 22.4 Å². The van der Waals surface area contributed by atoms with Gasteiger partial charge in [-0.3, -0.25) is 4.79 Å². The highest BCUT2D eigenvalue weighted by Crippen LogP contribution is 2.38. The number of alkyl halides is 3. The van der Waals surface area contributed by atoms with E-state index in [4.69, 9.17) is 4.42 Å². The van der Waals surface area contributed by atoms with Crippen molar-refractivity contribution in [1.82, 2.24) is 5.32 Å². The highest BCUT2D eigenvalue weighted by molar-refractivity contribution is 8.18. The number of carbonyl (C=O) groups excluding carboxylic acids is 1. The fourth-order valence-corrected chi connectivity index (χ4v) is 3.99. The number of nitrogens with zero attached hydrogens (tertiary/aromatic N) is 1. The maximum atomic E-state index is 13.3. The van der Waals surface area contributed by atoms with Crippen molar-refractivity contribution in [2.45, 2.75) is 20.0 Å². The molecule has 1 amide bonds. The van der Waals surface area contributed by atoms with Crippen LogP contribution in [-0.2, 0) is 11.0 Å². The molecule has 0 bridgehead atoms. The Morgan fingerprint density at radius 3 is 2.58 bits per heavy atom. The molecule has 3 aromatic rings. The number of aliphatic imine (C=N–C) groups is 1. The van der Waals surface area contributed by atoms with Gasteiger partial charge in [0.05, 0.1) is 16.2 Å². The second-order valence-corrected chi connectivity index (χ2v) is 8.05. The average Bonchev–Trinajstić information content (AvgIpc) is 3.30. The summed E-state index contributed by atoms with van der Waals surface area (Å²) < 4.78 is 45.4. The minimum atomic E-state index is -4.50. The molecule has 1 saturated heterocycles. The number of carbonyl (C=O) groups is 1. The molecule has 2 heterocycles. The first kappa shape index (κ1) is 21.0. The van der Waals surface area contributed by atoms with E-state index in [0.717, 1.165) is 34.6 Å². The van der Waals surface area contributed by atoms with Gasteiger partial charge < -0.3 is 9.73 Å². The monoisotopic (exact) mass is 442 g/mol. The molecule has 31 heavy (non-hydrogen) atoms. The Hall–Kier alpha value is -3.26. The van der Waals surface area contributed by atoms with E-state index in [2.05, 4.69) is 10.3 Å². The minimum Gasteiger partial charge on any atom is -0.457 e. The normalized spacial score (nSPS) is 16.9. The Bertz CT molecular complexity index is 1230. The Labute approximate surface area is 180 Å². The Morgan fingerprint density at radius 1 is 1.06 bits per heavy atom. The summed E-state index contributed by atoms with van der Waals surface area (Å²) in [6, 6.07) is 14.0. The summed E-state index contributed by atoms with van der Waals surface area (Å²) >= 11 is 1.14. The van der Waals surface area contributed by atoms with Crippen LogP contribution in [0.5, 0.6) is 0 Å². The minimum absolute atomic E-state index is 0.0553. The molecule has 0 spiro atoms. The van der Waals surface area contributed by atoms with Crippen LogP contribution in [0, 0.1) is 13.8 Å². The van der Waals surface area contributed by atoms with Crippen LogP contribution in [0.4, 0.5) is 18.9 Å². The number of rotatable bonds is 3. The van der Waals surface area contributed by atoms with Crippen molar-refractivity contribution in [2.24, 2.45) is 4.99 Å². The summed E-state index contributed by atoms with van der Waals surface area (Å²) in [5.41, 5.74) is 2.02. The molecule has 0 radical (unpaired) electrons. The summed E-state index contributed by atoms with van der Waals surface area (Å²) in [6.45, 7) is 3.93. The molecule has 4 nitrogen and oxygen atoms in total. The van der Waals surface area contributed by atoms with E-state index in [1.165, 1.54) is 36.4 Å². The van der Waals surface area contributed by atoms with E-state index in [1.807, 2.05) is 32.0 Å². The van der Waals surface area contributed by atoms with Gasteiger partial charge >= 0.3 is 6.18 Å². The van der Waals surface area contributed by atoms with Gasteiger partial charge in [-0.25, -0.2) is 4.99 Å². The van der Waals surface area contributed by atoms with Gasteiger partial charge in [-0.2, -0.15) is 13.2 Å². The molecule has 0 unspecified atom stereocenters. The number of nitrogens with one attached hydrogen (secondary N) is 1. The van der Waals surface area contributed by atoms with Gasteiger partial charge in [-0.1, -0.05) is 35.9 Å². The van der Waals surface area contributed by atoms with Gasteiger partial charge in [-0.15, -0.1) is 0 Å². The summed E-state index contributed by atoms with van der Waals surface area (Å²) in [6.07, 6.45) is -3.01. The molecular formula is C23H17F3N2O2S. The van der Waals surface area contributed by atoms with Crippen molar-refractivity contribution in [3.63, 3.8) is 0 Å². The molecule has 8 heteroatoms. The molecule has 0 atom stereocenters. The first-order chi connectivity index (χ1) is 14.7. The summed E-state index contributed by atoms with van der Waals surface area (Å²) in [4.78, 5) is 17.1. The third-order valence-electron chi connectivity index (χ3n) is 4.62. The van der Waals surface area contributed by atoms with Crippen LogP contribution >= 0.6 is 11.8 Å². The lowest BCUT2D eigenvalue weighted by molar-refractivity contribution is -0.137. The molecule has 1 aliphatic rings. The summed E-state index contributed by atoms with van der Waals surface area (Å²) in [5, 5.41) is 3.13. The van der Waals surface area contributed by atoms with Crippen LogP contribution in [0.2, 0.25) is 0 Å². The third-order valence-corrected chi connectivity index (χ3v) is 5.53. The van der Waals surface area contributed by atoms with Crippen LogP contribution in [0.15, 0.2) is 68.9 Å². The fraction of sp³-hybridized carbons (Fsp3) is 0.130. The lowest BCUT2D eigenvalue weighted by Crippen LogP contribution is -2.19. The van der Waals surface area contributed by atoms with E-state index in [-0.39, 0.29) is 23.0 Å². The molecule has 1 aromatic heterocycles. The number of thioether (sulfide) groups is 1. The van der Waals surface area contributed by atoms with Gasteiger partial charge in [0, 0.05) is 11.6 Å². The molecule has 4 rings (SSSR count). The number of amides is 1. The predicted molar refractivity (Wildman–Crippen MR) is 116 cm³/mol. The molecule has 1 aliphatic heterocycles. The Kier molecular flexibility index (Phi) is 5.49. The zero-order valence-electron chi connectivity index (χ0n) is 16.6. The number of hydrogen-bond acceptors (Lipinski definition) is 4. The molecule has 0 saturated carbocycles. The standard InChI is InChI=1S/C23H17F3N2O2S/c1-13-7-9-18(14(2)11-13)27-22-28-21(29)20(31-22)12-15-8-10-19(30-15)16-5-3-4-6-17(16)23(24,25)26/h3-12H,1-2H3,(H,27,28,29)/b20-12-. The lowest BCUT2D eigenvalue weighted by atomic mass is 10.1. The largest absolute Gasteiger partial charge is 0.457 e. The van der Waals surface area contributed by atoms with E-state index in [1.54, 1.807) is 0 Å². The van der Waals surface area contributed by atoms with E-state index >= 15 is 0 Å². The van der Waals surface area contributed by atoms with Crippen LogP contribution in [0.3, 0.4) is 0 Å². The zero-order valence-corrected chi connectivity index (χ0v) is 17.4. The topological polar surface area (TPSA) is 54.6 Å². The van der Waals surface area contributed by atoms with Gasteiger partial charge in [0.25, 0.3) is 5.91 Å². The molecule has 0 aliphatic carbocycles. The number of amidine groups is 1. The summed E-state index contributed by atoms with van der Waals surface area (Å²) in [5.74, 6) is 0.00639. The Morgan fingerprint density at radius 2 is 1.84 bits per heavy atom. The van der Waals surface area contributed by atoms with E-state index in [9.17, 15) is 18.0 Å². The van der Waals surface area contributed by atoms with E-state index < -0.39 is 11.7 Å². The van der Waals surface area contributed by atoms with Crippen LogP contribution in [0.25, 0.3) is 17.4 Å². The third kappa shape index (κ3) is 4.59. The number of halogens is 3. The highest BCUT2D eigenvalue weighted by atomic mass is 32.2. The molecular weight excluding hydrogens is 425 g/mol. The number of benzene rings is 2. The first-order valence-corrected chi connectivity index (χ1v) is 10.2. The number of furan rings is 1. The molecule has 1 fully saturated rings. The highest BCUT2D eigenvalue weighted by Gasteiger charge is 2.34. The van der Waals surface area contributed by atoms with Crippen LogP contribution in [0.1, 0.15) is 22.5 Å². The van der Waals surface area contributed by atoms with Crippen molar-refractivity contribution in [3.8, 4) is 11.3 Å². The van der Waals surface area contributed by atoms with E-state index in [0.29, 0.717) is 10.1 Å². The first-order valence-electron chi connectivity index (χ1n) is 9.34. The second-order valence-electron chi connectivity index (χ2n) is 7.02. The average molecular weight is 442 g/mol. The predicted octanol–water partition coefficient (Wildman–Crippen LogP) is 6.47.